The van der Waals surface area contributed by atoms with Gasteiger partial charge in [-0.3, -0.25) is 0 Å². The van der Waals surface area contributed by atoms with E-state index < -0.39 is 0 Å². The van der Waals surface area contributed by atoms with Gasteiger partial charge in [-0.05, 0) is 61.0 Å². The number of hydrogen-bond acceptors (Lipinski definition) is 2. The largest absolute Gasteiger partial charge is 0.454 e. The van der Waals surface area contributed by atoms with Crippen molar-refractivity contribution in [3.63, 3.8) is 0 Å². The summed E-state index contributed by atoms with van der Waals surface area (Å²) < 4.78 is 18.5. The molecule has 4 nitrogen and oxygen atoms in total. The first kappa shape index (κ1) is 25.0. The van der Waals surface area contributed by atoms with Crippen LogP contribution in [0.15, 0.2) is 148 Å². The predicted molar refractivity (Wildman–Crippen MR) is 194 cm³/mol. The summed E-state index contributed by atoms with van der Waals surface area (Å²) in [5.74, 6) is 0. The van der Waals surface area contributed by atoms with Gasteiger partial charge < -0.3 is 18.0 Å². The van der Waals surface area contributed by atoms with Crippen molar-refractivity contribution in [3.8, 4) is 11.4 Å². The van der Waals surface area contributed by atoms with E-state index in [1.54, 1.807) is 0 Å². The van der Waals surface area contributed by atoms with E-state index in [1.807, 2.05) is 0 Å². The number of nitrogens with zero attached hydrogens (tertiary/aromatic N) is 2. The fourth-order valence-electron chi connectivity index (χ4n) is 7.95. The van der Waals surface area contributed by atoms with Crippen molar-refractivity contribution in [1.82, 2.24) is 9.13 Å². The van der Waals surface area contributed by atoms with Gasteiger partial charge in [0.2, 0.25) is 0 Å². The lowest BCUT2D eigenvalue weighted by atomic mass is 10.1. The SMILES string of the molecule is Cc1ccc2c(c1)oc1c(-n3c4ccccc4c4ccc5c6ccc7c8ccccc8n(-c8ccccc8)c7c6oc5c43)cccc12. The summed E-state index contributed by atoms with van der Waals surface area (Å²) in [6.07, 6.45) is 0. The zero-order valence-corrected chi connectivity index (χ0v) is 25.5. The molecule has 0 unspecified atom stereocenters. The molecule has 4 aromatic heterocycles. The van der Waals surface area contributed by atoms with Crippen LogP contribution in [0.3, 0.4) is 0 Å². The Morgan fingerprint density at radius 1 is 0.404 bits per heavy atom. The topological polar surface area (TPSA) is 36.1 Å². The van der Waals surface area contributed by atoms with Gasteiger partial charge in [0.25, 0.3) is 0 Å². The van der Waals surface area contributed by atoms with Crippen LogP contribution in [0.4, 0.5) is 0 Å². The summed E-state index contributed by atoms with van der Waals surface area (Å²) in [6, 6.07) is 49.7. The Hall–Kier alpha value is -6.26. The third kappa shape index (κ3) is 3.21. The van der Waals surface area contributed by atoms with Crippen LogP contribution >= 0.6 is 0 Å². The van der Waals surface area contributed by atoms with E-state index in [0.29, 0.717) is 0 Å². The molecule has 0 saturated heterocycles. The van der Waals surface area contributed by atoms with Crippen LogP contribution in [-0.4, -0.2) is 9.13 Å². The van der Waals surface area contributed by atoms with E-state index in [4.69, 9.17) is 8.83 Å². The molecular weight excluding hydrogens is 576 g/mol. The van der Waals surface area contributed by atoms with E-state index in [1.165, 1.54) is 21.7 Å². The van der Waals surface area contributed by atoms with Crippen molar-refractivity contribution in [2.45, 2.75) is 6.92 Å². The van der Waals surface area contributed by atoms with Gasteiger partial charge in [-0.25, -0.2) is 0 Å². The van der Waals surface area contributed by atoms with Crippen LogP contribution in [0, 0.1) is 6.92 Å². The second-order valence-electron chi connectivity index (χ2n) is 12.6. The standard InChI is InChI=1S/C43H26N2O2/c1-25-18-19-29-32-14-9-17-37(41(32)46-38(29)24-25)45-36-16-8-6-13-28(36)31-21-23-34-33-22-20-30-27-12-5-7-15-35(27)44(26-10-3-2-4-11-26)39(30)42(33)47-43(34)40(31)45/h2-24H,1H3. The predicted octanol–water partition coefficient (Wildman–Crippen LogP) is 12.0. The normalized spacial score (nSPS) is 12.4. The van der Waals surface area contributed by atoms with Gasteiger partial charge in [0.1, 0.15) is 5.58 Å². The molecule has 0 atom stereocenters. The number of furan rings is 2. The molecule has 11 aromatic rings. The Labute approximate surface area is 268 Å². The van der Waals surface area contributed by atoms with Crippen molar-refractivity contribution < 1.29 is 8.83 Å². The molecule has 4 heteroatoms. The number of aromatic nitrogens is 2. The summed E-state index contributed by atoms with van der Waals surface area (Å²) in [5, 5.41) is 9.13. The van der Waals surface area contributed by atoms with Gasteiger partial charge in [-0.15, -0.1) is 0 Å². The minimum absolute atomic E-state index is 0.870. The second-order valence-corrected chi connectivity index (χ2v) is 12.6. The lowest BCUT2D eigenvalue weighted by Gasteiger charge is -2.09. The average Bonchev–Trinajstić information content (AvgIpc) is 3.85. The van der Waals surface area contributed by atoms with Gasteiger partial charge >= 0.3 is 0 Å². The molecule has 0 aliphatic carbocycles. The summed E-state index contributed by atoms with van der Waals surface area (Å²) in [4.78, 5) is 0. The number of benzene rings is 7. The lowest BCUT2D eigenvalue weighted by molar-refractivity contribution is 0.665. The zero-order valence-electron chi connectivity index (χ0n) is 25.5. The molecule has 0 saturated carbocycles. The maximum absolute atomic E-state index is 7.18. The van der Waals surface area contributed by atoms with Crippen LogP contribution in [0.25, 0.3) is 98.9 Å². The quantitative estimate of drug-likeness (QED) is 0.197. The van der Waals surface area contributed by atoms with Crippen molar-refractivity contribution in [1.29, 1.82) is 0 Å². The van der Waals surface area contributed by atoms with E-state index in [0.717, 1.165) is 82.7 Å². The van der Waals surface area contributed by atoms with Crippen molar-refractivity contribution >= 4 is 87.5 Å². The molecule has 0 radical (unpaired) electrons. The molecule has 4 heterocycles. The maximum Gasteiger partial charge on any atom is 0.160 e. The number of para-hydroxylation sites is 4. The number of rotatable bonds is 2. The molecule has 220 valence electrons. The maximum atomic E-state index is 7.18. The summed E-state index contributed by atoms with van der Waals surface area (Å²) in [5.41, 5.74) is 11.2. The van der Waals surface area contributed by atoms with Crippen molar-refractivity contribution in [3.05, 3.63) is 145 Å². The molecule has 11 rings (SSSR count). The molecule has 7 aromatic carbocycles. The first-order valence-corrected chi connectivity index (χ1v) is 16.0. The molecule has 0 aliphatic rings. The molecule has 0 fully saturated rings. The number of fused-ring (bicyclic) bond motifs is 14. The highest BCUT2D eigenvalue weighted by atomic mass is 16.3. The number of hydrogen-bond donors (Lipinski definition) is 0. The van der Waals surface area contributed by atoms with Gasteiger partial charge in [-0.1, -0.05) is 91.0 Å². The second kappa shape index (κ2) is 8.93. The Morgan fingerprint density at radius 2 is 0.957 bits per heavy atom. The van der Waals surface area contributed by atoms with Gasteiger partial charge in [0.05, 0.1) is 27.8 Å². The Bertz CT molecular complexity index is 3080. The summed E-state index contributed by atoms with van der Waals surface area (Å²) in [7, 11) is 0. The first-order valence-electron chi connectivity index (χ1n) is 16.0. The highest BCUT2D eigenvalue weighted by molar-refractivity contribution is 6.26. The highest BCUT2D eigenvalue weighted by Gasteiger charge is 2.24. The third-order valence-corrected chi connectivity index (χ3v) is 9.96. The minimum atomic E-state index is 0.870. The minimum Gasteiger partial charge on any atom is -0.454 e. The fraction of sp³-hybridized carbons (Fsp3) is 0.0233. The van der Waals surface area contributed by atoms with E-state index >= 15 is 0 Å². The van der Waals surface area contributed by atoms with Crippen molar-refractivity contribution in [2.75, 3.05) is 0 Å². The van der Waals surface area contributed by atoms with Crippen LogP contribution in [-0.2, 0) is 0 Å². The van der Waals surface area contributed by atoms with Gasteiger partial charge in [0, 0.05) is 48.8 Å². The van der Waals surface area contributed by atoms with Gasteiger partial charge in [0.15, 0.2) is 16.7 Å². The monoisotopic (exact) mass is 602 g/mol. The molecule has 0 amide bonds. The average molecular weight is 603 g/mol. The van der Waals surface area contributed by atoms with Crippen LogP contribution in [0.2, 0.25) is 0 Å². The van der Waals surface area contributed by atoms with E-state index in [-0.39, 0.29) is 0 Å². The molecule has 0 bridgehead atoms. The van der Waals surface area contributed by atoms with Crippen LogP contribution in [0.5, 0.6) is 0 Å². The van der Waals surface area contributed by atoms with Crippen LogP contribution < -0.4 is 0 Å². The Morgan fingerprint density at radius 3 is 1.68 bits per heavy atom. The molecule has 0 spiro atoms. The van der Waals surface area contributed by atoms with Gasteiger partial charge in [-0.2, -0.15) is 0 Å². The van der Waals surface area contributed by atoms with Crippen LogP contribution in [0.1, 0.15) is 5.56 Å². The lowest BCUT2D eigenvalue weighted by Crippen LogP contribution is -1.94. The molecular formula is C43H26N2O2. The van der Waals surface area contributed by atoms with E-state index in [2.05, 4.69) is 156 Å². The molecule has 0 aliphatic heterocycles. The summed E-state index contributed by atoms with van der Waals surface area (Å²) >= 11 is 0. The molecule has 47 heavy (non-hydrogen) atoms. The van der Waals surface area contributed by atoms with Crippen molar-refractivity contribution in [2.24, 2.45) is 0 Å². The van der Waals surface area contributed by atoms with E-state index in [9.17, 15) is 0 Å². The smallest absolute Gasteiger partial charge is 0.160 e. The first-order chi connectivity index (χ1) is 23.2. The third-order valence-electron chi connectivity index (χ3n) is 9.96. The Kier molecular flexibility index (Phi) is 4.75. The zero-order chi connectivity index (χ0) is 30.8. The fourth-order valence-corrected chi connectivity index (χ4v) is 7.95. The summed E-state index contributed by atoms with van der Waals surface area (Å²) in [6.45, 7) is 2.10. The number of aryl methyl sites for hydroxylation is 1. The highest BCUT2D eigenvalue weighted by Crippen LogP contribution is 2.45. The molecule has 0 N–H and O–H groups in total. The Balaban J connectivity index is 1.33.